The molecule has 1 amide bonds. The summed E-state index contributed by atoms with van der Waals surface area (Å²) < 4.78 is 27.4. The van der Waals surface area contributed by atoms with Crippen molar-refractivity contribution in [2.45, 2.75) is 13.0 Å². The molecule has 138 valence electrons. The molecule has 0 spiro atoms. The number of halogens is 2. The van der Waals surface area contributed by atoms with Crippen molar-refractivity contribution in [1.29, 1.82) is 0 Å². The molecule has 0 saturated carbocycles. The molecule has 26 heavy (non-hydrogen) atoms. The van der Waals surface area contributed by atoms with Crippen LogP contribution in [0.5, 0.6) is 5.75 Å². The summed E-state index contributed by atoms with van der Waals surface area (Å²) in [7, 11) is 0. The number of hydrogen-bond donors (Lipinski definition) is 3. The van der Waals surface area contributed by atoms with Crippen LogP contribution in [0.25, 0.3) is 0 Å². The van der Waals surface area contributed by atoms with Crippen molar-refractivity contribution in [3.63, 3.8) is 0 Å². The molecule has 1 atom stereocenters. The molecule has 0 aliphatic carbocycles. The quantitative estimate of drug-likeness (QED) is 0.771. The highest BCUT2D eigenvalue weighted by atomic mass is 19.1. The zero-order valence-corrected chi connectivity index (χ0v) is 14.5. The van der Waals surface area contributed by atoms with Crippen LogP contribution in [0.15, 0.2) is 42.5 Å². The van der Waals surface area contributed by atoms with E-state index in [1.165, 1.54) is 6.07 Å². The van der Waals surface area contributed by atoms with Gasteiger partial charge in [0, 0.05) is 5.69 Å². The second kappa shape index (κ2) is 7.70. The molecule has 1 aliphatic heterocycles. The van der Waals surface area contributed by atoms with Gasteiger partial charge < -0.3 is 20.2 Å². The Kier molecular flexibility index (Phi) is 5.37. The SMILES string of the molecule is C[C@@H](C(=O)Nc1c(F)cccc1F)[NH+]1CCN(c2ccc(O)cc2)CC1. The summed E-state index contributed by atoms with van der Waals surface area (Å²) in [6.45, 7) is 4.74. The first kappa shape index (κ1) is 18.1. The molecule has 0 radical (unpaired) electrons. The van der Waals surface area contributed by atoms with Crippen LogP contribution >= 0.6 is 0 Å². The van der Waals surface area contributed by atoms with Crippen molar-refractivity contribution in [2.24, 2.45) is 0 Å². The van der Waals surface area contributed by atoms with Crippen molar-refractivity contribution >= 4 is 17.3 Å². The van der Waals surface area contributed by atoms with Crippen molar-refractivity contribution in [1.82, 2.24) is 0 Å². The van der Waals surface area contributed by atoms with E-state index in [1.807, 2.05) is 12.1 Å². The van der Waals surface area contributed by atoms with Crippen molar-refractivity contribution in [3.05, 3.63) is 54.1 Å². The van der Waals surface area contributed by atoms with Gasteiger partial charge in [-0.1, -0.05) is 6.07 Å². The molecule has 3 rings (SSSR count). The van der Waals surface area contributed by atoms with Crippen LogP contribution in [-0.2, 0) is 4.79 Å². The van der Waals surface area contributed by atoms with Gasteiger partial charge >= 0.3 is 0 Å². The number of aromatic hydroxyl groups is 1. The van der Waals surface area contributed by atoms with E-state index < -0.39 is 29.3 Å². The number of carbonyl (C=O) groups excluding carboxylic acids is 1. The lowest BCUT2D eigenvalue weighted by atomic mass is 10.2. The first-order chi connectivity index (χ1) is 12.5. The van der Waals surface area contributed by atoms with Crippen LogP contribution < -0.4 is 15.1 Å². The van der Waals surface area contributed by atoms with E-state index in [2.05, 4.69) is 10.2 Å². The minimum atomic E-state index is -0.780. The zero-order valence-electron chi connectivity index (χ0n) is 14.5. The summed E-state index contributed by atoms with van der Waals surface area (Å²) in [5.41, 5.74) is 0.624. The fraction of sp³-hybridized carbons (Fsp3) is 0.316. The third kappa shape index (κ3) is 3.94. The topological polar surface area (TPSA) is 57.0 Å². The third-order valence-electron chi connectivity index (χ3n) is 4.84. The Morgan fingerprint density at radius 3 is 2.27 bits per heavy atom. The van der Waals surface area contributed by atoms with Gasteiger partial charge in [0.1, 0.15) is 23.1 Å². The molecule has 7 heteroatoms. The number of hydrogen-bond acceptors (Lipinski definition) is 3. The van der Waals surface area contributed by atoms with Gasteiger partial charge in [0.15, 0.2) is 6.04 Å². The Morgan fingerprint density at radius 1 is 1.12 bits per heavy atom. The number of nitrogens with zero attached hydrogens (tertiary/aromatic N) is 1. The van der Waals surface area contributed by atoms with Gasteiger partial charge in [-0.2, -0.15) is 0 Å². The fourth-order valence-electron chi connectivity index (χ4n) is 3.18. The highest BCUT2D eigenvalue weighted by molar-refractivity contribution is 5.93. The van der Waals surface area contributed by atoms with E-state index in [4.69, 9.17) is 0 Å². The number of phenols is 1. The Bertz CT molecular complexity index is 755. The van der Waals surface area contributed by atoms with Gasteiger partial charge in [0.2, 0.25) is 0 Å². The van der Waals surface area contributed by atoms with Crippen LogP contribution in [0.3, 0.4) is 0 Å². The minimum Gasteiger partial charge on any atom is -0.508 e. The van der Waals surface area contributed by atoms with Gasteiger partial charge in [-0.05, 0) is 43.3 Å². The molecule has 1 fully saturated rings. The Hall–Kier alpha value is -2.67. The van der Waals surface area contributed by atoms with Crippen molar-refractivity contribution in [3.8, 4) is 5.75 Å². The van der Waals surface area contributed by atoms with Crippen molar-refractivity contribution < 1.29 is 23.6 Å². The largest absolute Gasteiger partial charge is 0.508 e. The standard InChI is InChI=1S/C19H21F2N3O2/c1-13(19(26)22-18-16(20)3-2-4-17(18)21)23-9-11-24(12-10-23)14-5-7-15(25)8-6-14/h2-8,13,25H,9-12H2,1H3,(H,22,26)/p+1/t13-/m0/s1. The predicted molar refractivity (Wildman–Crippen MR) is 95.5 cm³/mol. The van der Waals surface area contributed by atoms with Crippen molar-refractivity contribution in [2.75, 3.05) is 36.4 Å². The van der Waals surface area contributed by atoms with Gasteiger partial charge in [0.25, 0.3) is 5.91 Å². The average Bonchev–Trinajstić information content (AvgIpc) is 2.65. The number of para-hydroxylation sites is 1. The molecular weight excluding hydrogens is 340 g/mol. The van der Waals surface area contributed by atoms with Crippen LogP contribution in [-0.4, -0.2) is 43.2 Å². The summed E-state index contributed by atoms with van der Waals surface area (Å²) in [5, 5.41) is 11.7. The number of anilines is 2. The number of piperazine rings is 1. The second-order valence-electron chi connectivity index (χ2n) is 6.47. The number of nitrogens with one attached hydrogen (secondary N) is 2. The first-order valence-corrected chi connectivity index (χ1v) is 8.59. The normalized spacial score (nSPS) is 16.3. The smallest absolute Gasteiger partial charge is 0.282 e. The lowest BCUT2D eigenvalue weighted by Gasteiger charge is -2.36. The summed E-state index contributed by atoms with van der Waals surface area (Å²) in [5.74, 6) is -1.74. The lowest BCUT2D eigenvalue weighted by Crippen LogP contribution is -3.19. The fourth-order valence-corrected chi connectivity index (χ4v) is 3.18. The van der Waals surface area contributed by atoms with Gasteiger partial charge in [-0.25, -0.2) is 8.78 Å². The van der Waals surface area contributed by atoms with Gasteiger partial charge in [-0.3, -0.25) is 4.79 Å². The molecule has 2 aromatic rings. The molecule has 5 nitrogen and oxygen atoms in total. The Morgan fingerprint density at radius 2 is 1.69 bits per heavy atom. The summed E-state index contributed by atoms with van der Waals surface area (Å²) in [6, 6.07) is 10.1. The highest BCUT2D eigenvalue weighted by Crippen LogP contribution is 2.19. The second-order valence-corrected chi connectivity index (χ2v) is 6.47. The van der Waals surface area contributed by atoms with E-state index in [-0.39, 0.29) is 5.75 Å². The molecule has 3 N–H and O–H groups in total. The van der Waals surface area contributed by atoms with E-state index in [1.54, 1.807) is 19.1 Å². The maximum Gasteiger partial charge on any atom is 0.282 e. The maximum atomic E-state index is 13.7. The third-order valence-corrected chi connectivity index (χ3v) is 4.84. The lowest BCUT2D eigenvalue weighted by molar-refractivity contribution is -0.914. The maximum absolute atomic E-state index is 13.7. The molecular formula is C19H22F2N3O2+. The van der Waals surface area contributed by atoms with Crippen LogP contribution in [0, 0.1) is 11.6 Å². The van der Waals surface area contributed by atoms with Gasteiger partial charge in [-0.15, -0.1) is 0 Å². The number of carbonyl (C=O) groups is 1. The number of phenolic OH excluding ortho intramolecular Hbond substituents is 1. The average molecular weight is 362 g/mol. The van der Waals surface area contributed by atoms with Crippen LogP contribution in [0.4, 0.5) is 20.2 Å². The van der Waals surface area contributed by atoms with E-state index >= 15 is 0 Å². The predicted octanol–water partition coefficient (Wildman–Crippen LogP) is 1.40. The molecule has 0 unspecified atom stereocenters. The van der Waals surface area contributed by atoms with E-state index in [0.29, 0.717) is 0 Å². The number of quaternary nitrogens is 1. The number of amides is 1. The molecule has 2 aromatic carbocycles. The Labute approximate surface area is 150 Å². The van der Waals surface area contributed by atoms with E-state index in [0.717, 1.165) is 48.9 Å². The summed E-state index contributed by atoms with van der Waals surface area (Å²) in [4.78, 5) is 15.6. The van der Waals surface area contributed by atoms with Gasteiger partial charge in [0.05, 0.1) is 26.2 Å². The zero-order chi connectivity index (χ0) is 18.7. The molecule has 0 bridgehead atoms. The molecule has 0 aromatic heterocycles. The summed E-state index contributed by atoms with van der Waals surface area (Å²) in [6.07, 6.45) is 0. The van der Waals surface area contributed by atoms with Crippen LogP contribution in [0.2, 0.25) is 0 Å². The van der Waals surface area contributed by atoms with Crippen LogP contribution in [0.1, 0.15) is 6.92 Å². The number of rotatable bonds is 4. The van der Waals surface area contributed by atoms with E-state index in [9.17, 15) is 18.7 Å². The minimum absolute atomic E-state index is 0.226. The number of benzene rings is 2. The highest BCUT2D eigenvalue weighted by Gasteiger charge is 2.30. The first-order valence-electron chi connectivity index (χ1n) is 8.59. The monoisotopic (exact) mass is 362 g/mol. The molecule has 1 heterocycles. The molecule has 1 aliphatic rings. The molecule has 1 saturated heterocycles. The summed E-state index contributed by atoms with van der Waals surface area (Å²) >= 11 is 0. The Balaban J connectivity index is 1.58.